The summed E-state index contributed by atoms with van der Waals surface area (Å²) in [6, 6.07) is 5.64. The molecule has 1 aromatic carbocycles. The summed E-state index contributed by atoms with van der Waals surface area (Å²) >= 11 is 0. The van der Waals surface area contributed by atoms with Gasteiger partial charge in [-0.1, -0.05) is 37.6 Å². The van der Waals surface area contributed by atoms with Gasteiger partial charge < -0.3 is 20.3 Å². The third-order valence-corrected chi connectivity index (χ3v) is 5.00. The molecule has 8 heteroatoms. The van der Waals surface area contributed by atoms with E-state index in [1.54, 1.807) is 20.8 Å². The molecular formula is C27H42N4O4. The second-order valence-electron chi connectivity index (χ2n) is 11.5. The number of nitrogens with zero attached hydrogens (tertiary/aromatic N) is 2. The van der Waals surface area contributed by atoms with Crippen LogP contribution in [0.15, 0.2) is 18.2 Å². The minimum atomic E-state index is -1.04. The van der Waals surface area contributed by atoms with Crippen molar-refractivity contribution in [3.8, 4) is 6.07 Å². The Hall–Kier alpha value is -3.08. The molecule has 8 nitrogen and oxygen atoms in total. The lowest BCUT2D eigenvalue weighted by Crippen LogP contribution is -2.55. The van der Waals surface area contributed by atoms with Gasteiger partial charge in [0.2, 0.25) is 11.8 Å². The van der Waals surface area contributed by atoms with Crippen molar-refractivity contribution >= 4 is 17.9 Å². The van der Waals surface area contributed by atoms with Gasteiger partial charge in [0.15, 0.2) is 0 Å². The standard InChI is InChI=1S/C27H42N4O4/c1-17(2)15-21(29-25(34)35-27(8,9)10)24(33)31(14-13-28)22(23(32)30-26(5,6)7)20-12-11-18(3)16-19(20)4/h11-12,16-17,21-22H,14-15H2,1-10H3,(H,29,34)(H,30,32). The molecule has 0 fully saturated rings. The predicted octanol–water partition coefficient (Wildman–Crippen LogP) is 4.55. The van der Waals surface area contributed by atoms with Crippen molar-refractivity contribution < 1.29 is 19.1 Å². The molecule has 0 aliphatic carbocycles. The SMILES string of the molecule is Cc1ccc(C(C(=O)NC(C)(C)C)N(CC#N)C(=O)C(CC(C)C)NC(=O)OC(C)(C)C)c(C)c1. The number of alkyl carbamates (subject to hydrolysis) is 1. The molecule has 1 aromatic rings. The summed E-state index contributed by atoms with van der Waals surface area (Å²) in [6.07, 6.45) is -0.406. The number of carbonyl (C=O) groups is 3. The van der Waals surface area contributed by atoms with Gasteiger partial charge in [0.1, 0.15) is 24.2 Å². The summed E-state index contributed by atoms with van der Waals surface area (Å²) in [5, 5.41) is 15.2. The van der Waals surface area contributed by atoms with E-state index in [1.807, 2.05) is 72.7 Å². The number of hydrogen-bond donors (Lipinski definition) is 2. The zero-order valence-electron chi connectivity index (χ0n) is 22.9. The highest BCUT2D eigenvalue weighted by atomic mass is 16.6. The van der Waals surface area contributed by atoms with Crippen molar-refractivity contribution in [3.63, 3.8) is 0 Å². The highest BCUT2D eigenvalue weighted by Gasteiger charge is 2.38. The van der Waals surface area contributed by atoms with Gasteiger partial charge in [-0.3, -0.25) is 9.59 Å². The maximum atomic E-state index is 13.9. The van der Waals surface area contributed by atoms with E-state index in [0.717, 1.165) is 11.1 Å². The van der Waals surface area contributed by atoms with E-state index in [-0.39, 0.29) is 12.5 Å². The molecule has 2 N–H and O–H groups in total. The molecule has 0 bridgehead atoms. The molecule has 1 rings (SSSR count). The van der Waals surface area contributed by atoms with Crippen LogP contribution in [0.25, 0.3) is 0 Å². The summed E-state index contributed by atoms with van der Waals surface area (Å²) in [4.78, 5) is 41.2. The van der Waals surface area contributed by atoms with Gasteiger partial charge in [-0.25, -0.2) is 4.79 Å². The van der Waals surface area contributed by atoms with Gasteiger partial charge in [0.05, 0.1) is 6.07 Å². The largest absolute Gasteiger partial charge is 0.444 e. The molecule has 0 spiro atoms. The Morgan fingerprint density at radius 2 is 1.69 bits per heavy atom. The molecule has 35 heavy (non-hydrogen) atoms. The molecule has 2 atom stereocenters. The van der Waals surface area contributed by atoms with Crippen LogP contribution in [0.4, 0.5) is 4.79 Å². The first-order chi connectivity index (χ1) is 15.9. The number of nitriles is 1. The van der Waals surface area contributed by atoms with Crippen LogP contribution in [0.1, 0.15) is 84.5 Å². The number of carbonyl (C=O) groups excluding carboxylic acids is 3. The first-order valence-electron chi connectivity index (χ1n) is 12.0. The summed E-state index contributed by atoms with van der Waals surface area (Å²) in [6.45, 7) is 18.1. The zero-order valence-corrected chi connectivity index (χ0v) is 22.9. The number of aryl methyl sites for hydroxylation is 2. The van der Waals surface area contributed by atoms with Gasteiger partial charge in [-0.15, -0.1) is 0 Å². The molecule has 194 valence electrons. The Morgan fingerprint density at radius 1 is 1.09 bits per heavy atom. The number of rotatable bonds is 8. The van der Waals surface area contributed by atoms with Crippen LogP contribution in [0.5, 0.6) is 0 Å². The van der Waals surface area contributed by atoms with Crippen molar-refractivity contribution in [1.29, 1.82) is 5.26 Å². The Labute approximate surface area is 210 Å². The van der Waals surface area contributed by atoms with Crippen molar-refractivity contribution in [1.82, 2.24) is 15.5 Å². The van der Waals surface area contributed by atoms with Crippen LogP contribution < -0.4 is 10.6 Å². The molecule has 0 aliphatic rings. The van der Waals surface area contributed by atoms with Crippen molar-refractivity contribution in [2.24, 2.45) is 5.92 Å². The number of benzene rings is 1. The van der Waals surface area contributed by atoms with E-state index < -0.39 is 41.1 Å². The molecule has 0 heterocycles. The lowest BCUT2D eigenvalue weighted by Gasteiger charge is -2.35. The maximum Gasteiger partial charge on any atom is 0.408 e. The Morgan fingerprint density at radius 3 is 2.14 bits per heavy atom. The fraction of sp³-hybridized carbons (Fsp3) is 0.630. The first-order valence-corrected chi connectivity index (χ1v) is 12.0. The Bertz CT molecular complexity index is 951. The quantitative estimate of drug-likeness (QED) is 0.524. The lowest BCUT2D eigenvalue weighted by atomic mass is 9.94. The average Bonchev–Trinajstić information content (AvgIpc) is 2.64. The molecule has 0 radical (unpaired) electrons. The lowest BCUT2D eigenvalue weighted by molar-refractivity contribution is -0.142. The Kier molecular flexibility index (Phi) is 10.3. The monoisotopic (exact) mass is 486 g/mol. The molecule has 3 amide bonds. The van der Waals surface area contributed by atoms with E-state index in [4.69, 9.17) is 4.74 Å². The normalized spacial score (nSPS) is 13.4. The topological polar surface area (TPSA) is 112 Å². The second-order valence-corrected chi connectivity index (χ2v) is 11.5. The van der Waals surface area contributed by atoms with E-state index in [0.29, 0.717) is 12.0 Å². The average molecular weight is 487 g/mol. The fourth-order valence-corrected chi connectivity index (χ4v) is 3.74. The molecule has 0 saturated heterocycles. The minimum Gasteiger partial charge on any atom is -0.444 e. The van der Waals surface area contributed by atoms with Gasteiger partial charge in [-0.2, -0.15) is 5.26 Å². The molecular weight excluding hydrogens is 444 g/mol. The number of nitrogens with one attached hydrogen (secondary N) is 2. The summed E-state index contributed by atoms with van der Waals surface area (Å²) < 4.78 is 5.37. The van der Waals surface area contributed by atoms with E-state index in [9.17, 15) is 19.6 Å². The highest BCUT2D eigenvalue weighted by Crippen LogP contribution is 2.27. The molecule has 0 aromatic heterocycles. The third kappa shape index (κ3) is 9.97. The first kappa shape index (κ1) is 30.0. The summed E-state index contributed by atoms with van der Waals surface area (Å²) in [5.74, 6) is -0.848. The van der Waals surface area contributed by atoms with Crippen LogP contribution in [-0.2, 0) is 14.3 Å². The zero-order chi connectivity index (χ0) is 27.1. The van der Waals surface area contributed by atoms with Crippen molar-refractivity contribution in [2.45, 2.75) is 98.9 Å². The van der Waals surface area contributed by atoms with Crippen LogP contribution in [-0.4, -0.2) is 46.5 Å². The molecule has 0 saturated carbocycles. The molecule has 0 aliphatic heterocycles. The molecule has 2 unspecified atom stereocenters. The third-order valence-electron chi connectivity index (χ3n) is 5.00. The van der Waals surface area contributed by atoms with Crippen LogP contribution in [0.2, 0.25) is 0 Å². The van der Waals surface area contributed by atoms with Gasteiger partial charge >= 0.3 is 6.09 Å². The smallest absolute Gasteiger partial charge is 0.408 e. The highest BCUT2D eigenvalue weighted by molar-refractivity contribution is 5.92. The number of amides is 3. The number of hydrogen-bond acceptors (Lipinski definition) is 5. The van der Waals surface area contributed by atoms with E-state index in [2.05, 4.69) is 10.6 Å². The van der Waals surface area contributed by atoms with Gasteiger partial charge in [0.25, 0.3) is 0 Å². The van der Waals surface area contributed by atoms with Crippen LogP contribution in [0, 0.1) is 31.1 Å². The Balaban J connectivity index is 3.54. The minimum absolute atomic E-state index is 0.0609. The maximum absolute atomic E-state index is 13.9. The predicted molar refractivity (Wildman–Crippen MR) is 136 cm³/mol. The summed E-state index contributed by atoms with van der Waals surface area (Å²) in [7, 11) is 0. The number of ether oxygens (including phenoxy) is 1. The van der Waals surface area contributed by atoms with Crippen LogP contribution in [0.3, 0.4) is 0 Å². The second kappa shape index (κ2) is 12.1. The van der Waals surface area contributed by atoms with E-state index in [1.165, 1.54) is 4.90 Å². The van der Waals surface area contributed by atoms with Gasteiger partial charge in [-0.05, 0) is 78.9 Å². The fourth-order valence-electron chi connectivity index (χ4n) is 3.74. The van der Waals surface area contributed by atoms with Crippen molar-refractivity contribution in [2.75, 3.05) is 6.54 Å². The van der Waals surface area contributed by atoms with Crippen LogP contribution >= 0.6 is 0 Å². The van der Waals surface area contributed by atoms with Crippen molar-refractivity contribution in [3.05, 3.63) is 34.9 Å². The summed E-state index contributed by atoms with van der Waals surface area (Å²) in [5.41, 5.74) is 1.18. The van der Waals surface area contributed by atoms with Gasteiger partial charge in [0, 0.05) is 5.54 Å². The van der Waals surface area contributed by atoms with E-state index >= 15 is 0 Å².